The molecule has 0 spiro atoms. The van der Waals surface area contributed by atoms with E-state index in [2.05, 4.69) is 29.8 Å². The van der Waals surface area contributed by atoms with Crippen LogP contribution >= 0.6 is 11.3 Å². The molecule has 0 fully saturated rings. The summed E-state index contributed by atoms with van der Waals surface area (Å²) in [6.45, 7) is 6.36. The molecule has 3 rings (SSSR count). The highest BCUT2D eigenvalue weighted by Gasteiger charge is 2.06. The van der Waals surface area contributed by atoms with Gasteiger partial charge in [-0.1, -0.05) is 18.7 Å². The first kappa shape index (κ1) is 20.1. The van der Waals surface area contributed by atoms with Gasteiger partial charge in [-0.3, -0.25) is 0 Å². The van der Waals surface area contributed by atoms with Gasteiger partial charge in [0.1, 0.15) is 10.8 Å². The van der Waals surface area contributed by atoms with Crippen molar-refractivity contribution in [2.75, 3.05) is 13.2 Å². The van der Waals surface area contributed by atoms with Gasteiger partial charge in [-0.15, -0.1) is 11.3 Å². The number of hydrogen-bond donors (Lipinski definition) is 0. The van der Waals surface area contributed by atoms with E-state index in [-0.39, 0.29) is 5.97 Å². The fourth-order valence-electron chi connectivity index (χ4n) is 2.73. The maximum Gasteiger partial charge on any atom is 0.333 e. The molecule has 5 heteroatoms. The summed E-state index contributed by atoms with van der Waals surface area (Å²) >= 11 is 1.70. The Morgan fingerprint density at radius 3 is 2.43 bits per heavy atom. The maximum absolute atomic E-state index is 11.2. The van der Waals surface area contributed by atoms with Crippen LogP contribution in [0.15, 0.2) is 60.7 Å². The van der Waals surface area contributed by atoms with Gasteiger partial charge in [0.25, 0.3) is 0 Å². The standard InChI is InChI=1S/C23H25NO3S/c1-17(2)23(25)27-16-8-4-3-7-15-26-19-13-11-18(12-14-19)22-24-20-9-5-6-10-21(20)28-22/h5-6,9-14H,1,3-4,7-8,15-16H2,2H3. The van der Waals surface area contributed by atoms with E-state index in [4.69, 9.17) is 9.47 Å². The Hall–Kier alpha value is -2.66. The van der Waals surface area contributed by atoms with Gasteiger partial charge in [0, 0.05) is 11.1 Å². The molecule has 0 aliphatic carbocycles. The van der Waals surface area contributed by atoms with Crippen molar-refractivity contribution in [3.63, 3.8) is 0 Å². The first-order valence-electron chi connectivity index (χ1n) is 9.55. The van der Waals surface area contributed by atoms with E-state index < -0.39 is 0 Å². The van der Waals surface area contributed by atoms with Crippen LogP contribution in [0.4, 0.5) is 0 Å². The molecule has 4 nitrogen and oxygen atoms in total. The molecule has 2 aromatic carbocycles. The van der Waals surface area contributed by atoms with Gasteiger partial charge < -0.3 is 9.47 Å². The van der Waals surface area contributed by atoms with Crippen molar-refractivity contribution in [3.8, 4) is 16.3 Å². The van der Waals surface area contributed by atoms with Crippen LogP contribution in [-0.2, 0) is 9.53 Å². The number of carbonyl (C=O) groups excluding carboxylic acids is 1. The normalized spacial score (nSPS) is 10.8. The lowest BCUT2D eigenvalue weighted by Crippen LogP contribution is -2.06. The lowest BCUT2D eigenvalue weighted by atomic mass is 10.2. The third kappa shape index (κ3) is 5.67. The van der Waals surface area contributed by atoms with E-state index in [1.165, 1.54) is 4.70 Å². The number of para-hydroxylation sites is 1. The van der Waals surface area contributed by atoms with Gasteiger partial charge in [-0.25, -0.2) is 9.78 Å². The highest BCUT2D eigenvalue weighted by Crippen LogP contribution is 2.30. The van der Waals surface area contributed by atoms with Crippen LogP contribution in [0.2, 0.25) is 0 Å². The number of hydrogen-bond acceptors (Lipinski definition) is 5. The summed E-state index contributed by atoms with van der Waals surface area (Å²) in [6, 6.07) is 16.3. The topological polar surface area (TPSA) is 48.4 Å². The minimum absolute atomic E-state index is 0.308. The lowest BCUT2D eigenvalue weighted by Gasteiger charge is -2.07. The van der Waals surface area contributed by atoms with Crippen LogP contribution in [0, 0.1) is 0 Å². The Morgan fingerprint density at radius 1 is 1.00 bits per heavy atom. The van der Waals surface area contributed by atoms with E-state index in [9.17, 15) is 4.79 Å². The molecule has 0 aliphatic rings. The number of ether oxygens (including phenoxy) is 2. The SMILES string of the molecule is C=C(C)C(=O)OCCCCCCOc1ccc(-c2nc3ccccc3s2)cc1. The summed E-state index contributed by atoms with van der Waals surface area (Å²) in [7, 11) is 0. The van der Waals surface area contributed by atoms with Crippen LogP contribution in [0.1, 0.15) is 32.6 Å². The molecule has 0 bridgehead atoms. The molecule has 1 heterocycles. The minimum atomic E-state index is -0.308. The molecule has 0 N–H and O–H groups in total. The van der Waals surface area contributed by atoms with E-state index in [0.29, 0.717) is 18.8 Å². The fraction of sp³-hybridized carbons (Fsp3) is 0.304. The van der Waals surface area contributed by atoms with Crippen LogP contribution in [-0.4, -0.2) is 24.2 Å². The first-order chi connectivity index (χ1) is 13.6. The lowest BCUT2D eigenvalue weighted by molar-refractivity contribution is -0.139. The molecule has 0 radical (unpaired) electrons. The summed E-state index contributed by atoms with van der Waals surface area (Å²) < 4.78 is 12.1. The maximum atomic E-state index is 11.2. The third-order valence-electron chi connectivity index (χ3n) is 4.28. The largest absolute Gasteiger partial charge is 0.494 e. The van der Waals surface area contributed by atoms with E-state index in [1.807, 2.05) is 30.3 Å². The summed E-state index contributed by atoms with van der Waals surface area (Å²) in [4.78, 5) is 15.9. The number of benzene rings is 2. The van der Waals surface area contributed by atoms with Crippen LogP contribution in [0.25, 0.3) is 20.8 Å². The minimum Gasteiger partial charge on any atom is -0.494 e. The summed E-state index contributed by atoms with van der Waals surface area (Å²) in [5.41, 5.74) is 2.60. The Morgan fingerprint density at radius 2 is 1.71 bits per heavy atom. The van der Waals surface area contributed by atoms with Gasteiger partial charge in [0.05, 0.1) is 23.4 Å². The van der Waals surface area contributed by atoms with Crippen LogP contribution in [0.3, 0.4) is 0 Å². The number of aromatic nitrogens is 1. The number of unbranched alkanes of at least 4 members (excludes halogenated alkanes) is 3. The second kappa shape index (κ2) is 10.0. The highest BCUT2D eigenvalue weighted by atomic mass is 32.1. The van der Waals surface area contributed by atoms with Gasteiger partial charge in [-0.2, -0.15) is 0 Å². The van der Waals surface area contributed by atoms with E-state index in [0.717, 1.165) is 47.5 Å². The Labute approximate surface area is 169 Å². The molecule has 0 amide bonds. The predicted molar refractivity (Wildman–Crippen MR) is 115 cm³/mol. The quantitative estimate of drug-likeness (QED) is 0.239. The third-order valence-corrected chi connectivity index (χ3v) is 5.37. The zero-order valence-corrected chi connectivity index (χ0v) is 17.0. The van der Waals surface area contributed by atoms with Crippen molar-refractivity contribution in [2.45, 2.75) is 32.6 Å². The van der Waals surface area contributed by atoms with Crippen molar-refractivity contribution in [1.29, 1.82) is 0 Å². The molecular formula is C23H25NO3S. The molecule has 146 valence electrons. The monoisotopic (exact) mass is 395 g/mol. The second-order valence-corrected chi connectivity index (χ2v) is 7.72. The molecule has 1 aromatic heterocycles. The molecule has 0 unspecified atom stereocenters. The summed E-state index contributed by atoms with van der Waals surface area (Å²) in [5, 5.41) is 1.03. The Balaban J connectivity index is 1.36. The van der Waals surface area contributed by atoms with Crippen molar-refractivity contribution < 1.29 is 14.3 Å². The number of rotatable bonds is 10. The van der Waals surface area contributed by atoms with Gasteiger partial charge in [-0.05, 0) is 69.0 Å². The van der Waals surface area contributed by atoms with Crippen LogP contribution in [0.5, 0.6) is 5.75 Å². The molecule has 0 saturated carbocycles. The first-order valence-corrected chi connectivity index (χ1v) is 10.4. The predicted octanol–water partition coefficient (Wildman–Crippen LogP) is 6.02. The van der Waals surface area contributed by atoms with Crippen molar-refractivity contribution in [2.24, 2.45) is 0 Å². The molecule has 0 atom stereocenters. The number of fused-ring (bicyclic) bond motifs is 1. The molecule has 0 saturated heterocycles. The van der Waals surface area contributed by atoms with Gasteiger partial charge >= 0.3 is 5.97 Å². The number of thiazole rings is 1. The van der Waals surface area contributed by atoms with Crippen molar-refractivity contribution in [3.05, 3.63) is 60.7 Å². The fourth-order valence-corrected chi connectivity index (χ4v) is 3.70. The second-order valence-electron chi connectivity index (χ2n) is 6.69. The van der Waals surface area contributed by atoms with Crippen LogP contribution < -0.4 is 4.74 Å². The smallest absolute Gasteiger partial charge is 0.333 e. The van der Waals surface area contributed by atoms with E-state index >= 15 is 0 Å². The highest BCUT2D eigenvalue weighted by molar-refractivity contribution is 7.21. The summed E-state index contributed by atoms with van der Waals surface area (Å²) in [6.07, 6.45) is 3.92. The molecular weight excluding hydrogens is 370 g/mol. The molecule has 28 heavy (non-hydrogen) atoms. The Bertz CT molecular complexity index is 897. The average molecular weight is 396 g/mol. The van der Waals surface area contributed by atoms with Crippen molar-refractivity contribution >= 4 is 27.5 Å². The van der Waals surface area contributed by atoms with E-state index in [1.54, 1.807) is 18.3 Å². The average Bonchev–Trinajstić information content (AvgIpc) is 3.14. The number of carbonyl (C=O) groups is 1. The number of esters is 1. The van der Waals surface area contributed by atoms with Gasteiger partial charge in [0.2, 0.25) is 0 Å². The zero-order chi connectivity index (χ0) is 19.8. The van der Waals surface area contributed by atoms with Crippen molar-refractivity contribution in [1.82, 2.24) is 4.98 Å². The Kier molecular flexibility index (Phi) is 7.20. The van der Waals surface area contributed by atoms with Gasteiger partial charge in [0.15, 0.2) is 0 Å². The zero-order valence-electron chi connectivity index (χ0n) is 16.1. The molecule has 0 aliphatic heterocycles. The number of nitrogens with zero attached hydrogens (tertiary/aromatic N) is 1. The molecule has 3 aromatic rings. The summed E-state index contributed by atoms with van der Waals surface area (Å²) in [5.74, 6) is 0.567.